The highest BCUT2D eigenvalue weighted by Crippen LogP contribution is 2.32. The summed E-state index contributed by atoms with van der Waals surface area (Å²) in [6.07, 6.45) is 0. The van der Waals surface area contributed by atoms with Gasteiger partial charge in [-0.3, -0.25) is 10.1 Å². The van der Waals surface area contributed by atoms with Crippen molar-refractivity contribution in [1.29, 1.82) is 0 Å². The van der Waals surface area contributed by atoms with Gasteiger partial charge in [0, 0.05) is 10.8 Å². The number of fused-ring (bicyclic) bond motifs is 1. The van der Waals surface area contributed by atoms with Crippen LogP contribution >= 0.6 is 11.3 Å². The Bertz CT molecular complexity index is 733. The van der Waals surface area contributed by atoms with Crippen LogP contribution in [0.2, 0.25) is 0 Å². The number of nitro groups is 1. The zero-order valence-corrected chi connectivity index (χ0v) is 10.2. The molecular weight excluding hydrogens is 246 g/mol. The highest BCUT2D eigenvalue weighted by molar-refractivity contribution is 7.17. The van der Waals surface area contributed by atoms with Gasteiger partial charge in [-0.1, -0.05) is 18.2 Å². The zero-order valence-electron chi connectivity index (χ0n) is 9.37. The fourth-order valence-electron chi connectivity index (χ4n) is 2.01. The van der Waals surface area contributed by atoms with Crippen molar-refractivity contribution in [3.63, 3.8) is 0 Å². The van der Waals surface area contributed by atoms with E-state index in [1.54, 1.807) is 23.5 Å². The van der Waals surface area contributed by atoms with Crippen LogP contribution in [0.5, 0.6) is 0 Å². The molecule has 3 rings (SSSR count). The minimum Gasteiger partial charge on any atom is -0.258 e. The third-order valence-electron chi connectivity index (χ3n) is 2.86. The SMILES string of the molecule is O=[N+]([O-])c1ccccc1-c1ccc2sccc2c1. The van der Waals surface area contributed by atoms with Crippen molar-refractivity contribution in [2.24, 2.45) is 0 Å². The molecule has 3 aromatic rings. The first-order valence-electron chi connectivity index (χ1n) is 5.47. The zero-order chi connectivity index (χ0) is 12.5. The molecule has 2 aromatic carbocycles. The van der Waals surface area contributed by atoms with Crippen molar-refractivity contribution in [3.8, 4) is 11.1 Å². The summed E-state index contributed by atoms with van der Waals surface area (Å²) in [4.78, 5) is 10.7. The van der Waals surface area contributed by atoms with Gasteiger partial charge in [-0.15, -0.1) is 11.3 Å². The predicted octanol–water partition coefficient (Wildman–Crippen LogP) is 4.48. The predicted molar refractivity (Wildman–Crippen MR) is 73.9 cm³/mol. The molecule has 0 aliphatic heterocycles. The second kappa shape index (κ2) is 4.23. The first kappa shape index (κ1) is 10.9. The first-order valence-corrected chi connectivity index (χ1v) is 6.35. The minimum atomic E-state index is -0.340. The highest BCUT2D eigenvalue weighted by atomic mass is 32.1. The Labute approximate surface area is 107 Å². The van der Waals surface area contributed by atoms with Crippen LogP contribution in [-0.2, 0) is 0 Å². The fraction of sp³-hybridized carbons (Fsp3) is 0. The maximum absolute atomic E-state index is 11.0. The fourth-order valence-corrected chi connectivity index (χ4v) is 2.78. The van der Waals surface area contributed by atoms with Gasteiger partial charge in [-0.05, 0) is 40.6 Å². The maximum atomic E-state index is 11.0. The molecule has 1 aromatic heterocycles. The second-order valence-corrected chi connectivity index (χ2v) is 4.90. The number of nitro benzene ring substituents is 1. The van der Waals surface area contributed by atoms with E-state index in [2.05, 4.69) is 0 Å². The van der Waals surface area contributed by atoms with Gasteiger partial charge in [0.25, 0.3) is 5.69 Å². The molecule has 18 heavy (non-hydrogen) atoms. The van der Waals surface area contributed by atoms with E-state index in [9.17, 15) is 10.1 Å². The molecule has 0 saturated heterocycles. The van der Waals surface area contributed by atoms with Gasteiger partial charge >= 0.3 is 0 Å². The van der Waals surface area contributed by atoms with E-state index in [1.165, 1.54) is 10.8 Å². The average molecular weight is 255 g/mol. The lowest BCUT2D eigenvalue weighted by atomic mass is 10.0. The number of benzene rings is 2. The van der Waals surface area contributed by atoms with Crippen molar-refractivity contribution in [2.45, 2.75) is 0 Å². The monoisotopic (exact) mass is 255 g/mol. The molecule has 0 spiro atoms. The molecule has 0 aliphatic carbocycles. The van der Waals surface area contributed by atoms with Crippen LogP contribution in [0.25, 0.3) is 21.2 Å². The van der Waals surface area contributed by atoms with Gasteiger partial charge in [0.05, 0.1) is 10.5 Å². The van der Waals surface area contributed by atoms with Gasteiger partial charge in [0.1, 0.15) is 0 Å². The van der Waals surface area contributed by atoms with Crippen LogP contribution in [0.15, 0.2) is 53.9 Å². The number of para-hydroxylation sites is 1. The summed E-state index contributed by atoms with van der Waals surface area (Å²) < 4.78 is 1.19. The van der Waals surface area contributed by atoms with Crippen molar-refractivity contribution in [1.82, 2.24) is 0 Å². The van der Waals surface area contributed by atoms with Gasteiger partial charge in [-0.2, -0.15) is 0 Å². The molecule has 1 heterocycles. The summed E-state index contributed by atoms with van der Waals surface area (Å²) in [5.41, 5.74) is 1.69. The van der Waals surface area contributed by atoms with Crippen LogP contribution in [0.4, 0.5) is 5.69 Å². The molecule has 0 bridgehead atoms. The summed E-state index contributed by atoms with van der Waals surface area (Å²) in [5, 5.41) is 14.2. The quantitative estimate of drug-likeness (QED) is 0.500. The van der Waals surface area contributed by atoms with Crippen LogP contribution < -0.4 is 0 Å². The Hall–Kier alpha value is -2.20. The van der Waals surface area contributed by atoms with Crippen LogP contribution in [0.1, 0.15) is 0 Å². The van der Waals surface area contributed by atoms with Crippen LogP contribution in [0.3, 0.4) is 0 Å². The van der Waals surface area contributed by atoms with Gasteiger partial charge in [0.2, 0.25) is 0 Å². The lowest BCUT2D eigenvalue weighted by Gasteiger charge is -2.03. The smallest absolute Gasteiger partial charge is 0.258 e. The van der Waals surface area contributed by atoms with Gasteiger partial charge in [-0.25, -0.2) is 0 Å². The van der Waals surface area contributed by atoms with E-state index in [1.807, 2.05) is 35.7 Å². The second-order valence-electron chi connectivity index (χ2n) is 3.95. The van der Waals surface area contributed by atoms with E-state index in [4.69, 9.17) is 0 Å². The summed E-state index contributed by atoms with van der Waals surface area (Å²) in [5.74, 6) is 0. The molecule has 4 heteroatoms. The van der Waals surface area contributed by atoms with Crippen LogP contribution in [-0.4, -0.2) is 4.92 Å². The molecule has 0 fully saturated rings. The summed E-state index contributed by atoms with van der Waals surface area (Å²) in [6, 6.07) is 14.8. The third kappa shape index (κ3) is 1.76. The Kier molecular flexibility index (Phi) is 2.57. The molecular formula is C14H9NO2S. The standard InChI is InChI=1S/C14H9NO2S/c16-15(17)13-4-2-1-3-12(13)10-5-6-14-11(9-10)7-8-18-14/h1-9H. The van der Waals surface area contributed by atoms with Crippen molar-refractivity contribution >= 4 is 27.1 Å². The molecule has 0 unspecified atom stereocenters. The van der Waals surface area contributed by atoms with E-state index in [-0.39, 0.29) is 10.6 Å². The average Bonchev–Trinajstić information content (AvgIpc) is 2.85. The number of rotatable bonds is 2. The van der Waals surface area contributed by atoms with Gasteiger partial charge < -0.3 is 0 Å². The summed E-state index contributed by atoms with van der Waals surface area (Å²) in [7, 11) is 0. The van der Waals surface area contributed by atoms with Crippen molar-refractivity contribution in [3.05, 3.63) is 64.0 Å². The molecule has 0 saturated carbocycles. The van der Waals surface area contributed by atoms with Crippen molar-refractivity contribution in [2.75, 3.05) is 0 Å². The summed E-state index contributed by atoms with van der Waals surface area (Å²) >= 11 is 1.67. The van der Waals surface area contributed by atoms with E-state index < -0.39 is 0 Å². The topological polar surface area (TPSA) is 43.1 Å². The molecule has 88 valence electrons. The lowest BCUT2D eigenvalue weighted by molar-refractivity contribution is -0.384. The lowest BCUT2D eigenvalue weighted by Crippen LogP contribution is -1.91. The molecule has 0 N–H and O–H groups in total. The number of thiophene rings is 1. The minimum absolute atomic E-state index is 0.145. The van der Waals surface area contributed by atoms with Crippen molar-refractivity contribution < 1.29 is 4.92 Å². The molecule has 0 aliphatic rings. The largest absolute Gasteiger partial charge is 0.277 e. The highest BCUT2D eigenvalue weighted by Gasteiger charge is 2.14. The maximum Gasteiger partial charge on any atom is 0.277 e. The van der Waals surface area contributed by atoms with E-state index >= 15 is 0 Å². The number of hydrogen-bond donors (Lipinski definition) is 0. The van der Waals surface area contributed by atoms with Crippen LogP contribution in [0, 0.1) is 10.1 Å². The normalized spacial score (nSPS) is 10.7. The molecule has 0 amide bonds. The Morgan fingerprint density at radius 2 is 1.89 bits per heavy atom. The van der Waals surface area contributed by atoms with Gasteiger partial charge in [0.15, 0.2) is 0 Å². The number of hydrogen-bond acceptors (Lipinski definition) is 3. The Morgan fingerprint density at radius 1 is 1.06 bits per heavy atom. The number of nitrogens with zero attached hydrogens (tertiary/aromatic N) is 1. The summed E-state index contributed by atoms with van der Waals surface area (Å²) in [6.45, 7) is 0. The Morgan fingerprint density at radius 3 is 2.72 bits per heavy atom. The third-order valence-corrected chi connectivity index (χ3v) is 3.76. The molecule has 3 nitrogen and oxygen atoms in total. The Balaban J connectivity index is 2.22. The van der Waals surface area contributed by atoms with E-state index in [0.29, 0.717) is 5.56 Å². The molecule has 0 atom stereocenters. The molecule has 0 radical (unpaired) electrons. The van der Waals surface area contributed by atoms with E-state index in [0.717, 1.165) is 10.9 Å². The first-order chi connectivity index (χ1) is 8.75.